The highest BCUT2D eigenvalue weighted by Crippen LogP contribution is 2.18. The molecule has 1 N–H and O–H groups in total. The van der Waals surface area contributed by atoms with E-state index in [-0.39, 0.29) is 17.2 Å². The van der Waals surface area contributed by atoms with Crippen LogP contribution in [0.15, 0.2) is 58.5 Å². The Morgan fingerprint density at radius 2 is 1.92 bits per heavy atom. The minimum Gasteiger partial charge on any atom is -0.496 e. The third-order valence-corrected chi connectivity index (χ3v) is 4.97. The van der Waals surface area contributed by atoms with Gasteiger partial charge in [-0.2, -0.15) is 0 Å². The lowest BCUT2D eigenvalue weighted by Gasteiger charge is -2.10. The summed E-state index contributed by atoms with van der Waals surface area (Å²) in [4.78, 5) is 29.0. The number of thioether (sulfide) groups is 1. The summed E-state index contributed by atoms with van der Waals surface area (Å²) in [7, 11) is 3.26. The van der Waals surface area contributed by atoms with E-state index >= 15 is 0 Å². The van der Waals surface area contributed by atoms with Crippen molar-refractivity contribution in [1.82, 2.24) is 14.9 Å². The molecule has 0 fully saturated rings. The van der Waals surface area contributed by atoms with E-state index in [4.69, 9.17) is 4.74 Å². The van der Waals surface area contributed by atoms with Crippen LogP contribution in [0.2, 0.25) is 0 Å². The molecule has 6 nitrogen and oxygen atoms in total. The molecule has 1 amide bonds. The average Bonchev–Trinajstić information content (AvgIpc) is 2.68. The van der Waals surface area contributed by atoms with E-state index in [1.807, 2.05) is 36.4 Å². The molecule has 0 aliphatic carbocycles. The fourth-order valence-electron chi connectivity index (χ4n) is 2.55. The van der Waals surface area contributed by atoms with Crippen molar-refractivity contribution in [2.24, 2.45) is 7.05 Å². The van der Waals surface area contributed by atoms with E-state index < -0.39 is 0 Å². The normalized spacial score (nSPS) is 10.7. The topological polar surface area (TPSA) is 73.2 Å². The van der Waals surface area contributed by atoms with Crippen LogP contribution in [0.4, 0.5) is 0 Å². The molecule has 0 aliphatic heterocycles. The Morgan fingerprint density at radius 3 is 2.73 bits per heavy atom. The van der Waals surface area contributed by atoms with Crippen LogP contribution < -0.4 is 15.6 Å². The van der Waals surface area contributed by atoms with Gasteiger partial charge in [0.2, 0.25) is 5.91 Å². The Hall–Kier alpha value is -2.80. The van der Waals surface area contributed by atoms with Crippen molar-refractivity contribution in [3.05, 3.63) is 64.4 Å². The molecule has 0 saturated heterocycles. The van der Waals surface area contributed by atoms with Crippen LogP contribution in [-0.4, -0.2) is 28.3 Å². The zero-order valence-electron chi connectivity index (χ0n) is 14.6. The van der Waals surface area contributed by atoms with Gasteiger partial charge in [-0.15, -0.1) is 0 Å². The minimum atomic E-state index is -0.136. The number of para-hydroxylation sites is 2. The molecular weight excluding hydrogens is 350 g/mol. The van der Waals surface area contributed by atoms with Gasteiger partial charge in [-0.3, -0.25) is 14.2 Å². The summed E-state index contributed by atoms with van der Waals surface area (Å²) in [5, 5.41) is 3.94. The number of hydrogen-bond acceptors (Lipinski definition) is 5. The second-order valence-electron chi connectivity index (χ2n) is 5.65. The molecule has 3 aromatic rings. The van der Waals surface area contributed by atoms with Crippen LogP contribution in [0.3, 0.4) is 0 Å². The molecule has 2 aromatic carbocycles. The predicted octanol–water partition coefficient (Wildman–Crippen LogP) is 2.35. The average molecular weight is 369 g/mol. The maximum atomic E-state index is 12.4. The number of rotatable bonds is 6. The smallest absolute Gasteiger partial charge is 0.261 e. The van der Waals surface area contributed by atoms with Crippen LogP contribution in [-0.2, 0) is 18.4 Å². The fourth-order valence-corrected chi connectivity index (χ4v) is 3.35. The van der Waals surface area contributed by atoms with Gasteiger partial charge in [0, 0.05) is 19.2 Å². The first kappa shape index (κ1) is 18.0. The molecule has 1 aromatic heterocycles. The number of benzene rings is 2. The predicted molar refractivity (Wildman–Crippen MR) is 103 cm³/mol. The molecule has 7 heteroatoms. The second-order valence-corrected chi connectivity index (χ2v) is 6.60. The molecule has 0 spiro atoms. The van der Waals surface area contributed by atoms with Crippen LogP contribution in [0.5, 0.6) is 5.75 Å². The van der Waals surface area contributed by atoms with Gasteiger partial charge >= 0.3 is 0 Å². The zero-order chi connectivity index (χ0) is 18.5. The lowest BCUT2D eigenvalue weighted by molar-refractivity contribution is -0.118. The summed E-state index contributed by atoms with van der Waals surface area (Å²) in [6.45, 7) is 0.382. The summed E-state index contributed by atoms with van der Waals surface area (Å²) in [5.74, 6) is 0.774. The molecule has 0 aliphatic rings. The van der Waals surface area contributed by atoms with Gasteiger partial charge in [0.05, 0.1) is 23.8 Å². The zero-order valence-corrected chi connectivity index (χ0v) is 15.4. The number of amides is 1. The monoisotopic (exact) mass is 369 g/mol. The Morgan fingerprint density at radius 1 is 1.19 bits per heavy atom. The standard InChI is InChI=1S/C19H19N3O3S/c1-22-18(24)14-8-4-5-9-15(14)21-19(22)26-12-17(23)20-11-13-7-3-6-10-16(13)25-2/h3-10H,11-12H2,1-2H3,(H,20,23). The SMILES string of the molecule is COc1ccccc1CNC(=O)CSc1nc2ccccc2c(=O)n1C. The number of carbonyl (C=O) groups is 1. The quantitative estimate of drug-likeness (QED) is 0.533. The van der Waals surface area contributed by atoms with Gasteiger partial charge in [0.1, 0.15) is 5.75 Å². The number of carbonyl (C=O) groups excluding carboxylic acids is 1. The highest BCUT2D eigenvalue weighted by molar-refractivity contribution is 7.99. The van der Waals surface area contributed by atoms with E-state index in [2.05, 4.69) is 10.3 Å². The molecular formula is C19H19N3O3S. The largest absolute Gasteiger partial charge is 0.496 e. The van der Waals surface area contributed by atoms with Gasteiger partial charge in [-0.05, 0) is 18.2 Å². The van der Waals surface area contributed by atoms with Crippen molar-refractivity contribution >= 4 is 28.6 Å². The van der Waals surface area contributed by atoms with Crippen LogP contribution in [0.1, 0.15) is 5.56 Å². The van der Waals surface area contributed by atoms with Crippen molar-refractivity contribution in [3.8, 4) is 5.75 Å². The summed E-state index contributed by atoms with van der Waals surface area (Å²) in [6, 6.07) is 14.7. The second kappa shape index (κ2) is 8.05. The molecule has 1 heterocycles. The van der Waals surface area contributed by atoms with Gasteiger partial charge in [-0.25, -0.2) is 4.98 Å². The van der Waals surface area contributed by atoms with Gasteiger partial charge in [0.15, 0.2) is 5.16 Å². The van der Waals surface area contributed by atoms with Crippen LogP contribution in [0, 0.1) is 0 Å². The number of ether oxygens (including phenoxy) is 1. The molecule has 0 radical (unpaired) electrons. The summed E-state index contributed by atoms with van der Waals surface area (Å²) >= 11 is 1.24. The first-order chi connectivity index (χ1) is 12.6. The van der Waals surface area contributed by atoms with E-state index in [1.54, 1.807) is 26.3 Å². The van der Waals surface area contributed by atoms with E-state index in [0.29, 0.717) is 22.6 Å². The van der Waals surface area contributed by atoms with Crippen LogP contribution in [0.25, 0.3) is 10.9 Å². The lowest BCUT2D eigenvalue weighted by atomic mass is 10.2. The number of nitrogens with one attached hydrogen (secondary N) is 1. The van der Waals surface area contributed by atoms with Gasteiger partial charge in [-0.1, -0.05) is 42.1 Å². The Bertz CT molecular complexity index is 1000. The molecule has 0 bridgehead atoms. The maximum Gasteiger partial charge on any atom is 0.261 e. The molecule has 0 unspecified atom stereocenters. The van der Waals surface area contributed by atoms with Crippen molar-refractivity contribution in [2.45, 2.75) is 11.7 Å². The molecule has 26 heavy (non-hydrogen) atoms. The molecule has 0 atom stereocenters. The third-order valence-electron chi connectivity index (χ3n) is 3.94. The maximum absolute atomic E-state index is 12.4. The van der Waals surface area contributed by atoms with Crippen molar-refractivity contribution in [2.75, 3.05) is 12.9 Å². The summed E-state index contributed by atoms with van der Waals surface area (Å²) < 4.78 is 6.74. The van der Waals surface area contributed by atoms with E-state index in [0.717, 1.165) is 11.3 Å². The Labute approximate surface area is 155 Å². The molecule has 3 rings (SSSR count). The summed E-state index contributed by atoms with van der Waals surface area (Å²) in [6.07, 6.45) is 0. The van der Waals surface area contributed by atoms with Crippen molar-refractivity contribution in [3.63, 3.8) is 0 Å². The first-order valence-corrected chi connectivity index (χ1v) is 9.06. The van der Waals surface area contributed by atoms with Crippen molar-refractivity contribution < 1.29 is 9.53 Å². The number of methoxy groups -OCH3 is 1. The fraction of sp³-hybridized carbons (Fsp3) is 0.211. The van der Waals surface area contributed by atoms with Gasteiger partial charge in [0.25, 0.3) is 5.56 Å². The molecule has 134 valence electrons. The highest BCUT2D eigenvalue weighted by atomic mass is 32.2. The Balaban J connectivity index is 1.65. The van der Waals surface area contributed by atoms with Gasteiger partial charge < -0.3 is 10.1 Å². The van der Waals surface area contributed by atoms with E-state index in [1.165, 1.54) is 16.3 Å². The number of aromatic nitrogens is 2. The minimum absolute atomic E-state index is 0.118. The third kappa shape index (κ3) is 3.88. The molecule has 0 saturated carbocycles. The van der Waals surface area contributed by atoms with E-state index in [9.17, 15) is 9.59 Å². The number of hydrogen-bond donors (Lipinski definition) is 1. The summed E-state index contributed by atoms with van der Waals surface area (Å²) in [5.41, 5.74) is 1.42. The first-order valence-electron chi connectivity index (χ1n) is 8.07. The van der Waals surface area contributed by atoms with Crippen molar-refractivity contribution in [1.29, 1.82) is 0 Å². The number of nitrogens with zero attached hydrogens (tertiary/aromatic N) is 2. The number of fused-ring (bicyclic) bond motifs is 1. The van der Waals surface area contributed by atoms with Crippen LogP contribution >= 0.6 is 11.8 Å². The lowest BCUT2D eigenvalue weighted by Crippen LogP contribution is -2.26. The highest BCUT2D eigenvalue weighted by Gasteiger charge is 2.11. The Kier molecular flexibility index (Phi) is 5.58.